The van der Waals surface area contributed by atoms with Gasteiger partial charge in [0.25, 0.3) is 5.56 Å². The molecule has 0 atom stereocenters. The van der Waals surface area contributed by atoms with Crippen LogP contribution >= 0.6 is 12.2 Å². The number of aryl methyl sites for hydroxylation is 2. The molecule has 7 heteroatoms. The van der Waals surface area contributed by atoms with Crippen LogP contribution in [-0.2, 0) is 6.54 Å². The fraction of sp³-hybridized carbons (Fsp3) is 0.333. The van der Waals surface area contributed by atoms with E-state index in [2.05, 4.69) is 28.2 Å². The van der Waals surface area contributed by atoms with Crippen LogP contribution in [0.25, 0.3) is 10.9 Å². The van der Waals surface area contributed by atoms with Gasteiger partial charge in [0, 0.05) is 29.7 Å². The number of benzene rings is 2. The van der Waals surface area contributed by atoms with Gasteiger partial charge in [-0.15, -0.1) is 0 Å². The van der Waals surface area contributed by atoms with Crippen LogP contribution in [0.15, 0.2) is 47.3 Å². The zero-order chi connectivity index (χ0) is 22.5. The first-order chi connectivity index (χ1) is 14.8. The Kier molecular flexibility index (Phi) is 7.30. The Labute approximate surface area is 188 Å². The van der Waals surface area contributed by atoms with E-state index in [1.165, 1.54) is 0 Å². The zero-order valence-corrected chi connectivity index (χ0v) is 19.6. The monoisotopic (exact) mass is 438 g/mol. The van der Waals surface area contributed by atoms with E-state index in [0.717, 1.165) is 40.0 Å². The lowest BCUT2D eigenvalue weighted by molar-refractivity contribution is 0.327. The van der Waals surface area contributed by atoms with Gasteiger partial charge in [0.05, 0.1) is 19.2 Å². The minimum absolute atomic E-state index is 0.0803. The fourth-order valence-corrected chi connectivity index (χ4v) is 3.66. The van der Waals surface area contributed by atoms with E-state index in [-0.39, 0.29) is 5.56 Å². The molecular weight excluding hydrogens is 408 g/mol. The van der Waals surface area contributed by atoms with Crippen molar-refractivity contribution in [1.82, 2.24) is 14.8 Å². The van der Waals surface area contributed by atoms with Crippen LogP contribution in [0, 0.1) is 13.8 Å². The predicted molar refractivity (Wildman–Crippen MR) is 132 cm³/mol. The number of rotatable bonds is 7. The molecule has 0 saturated carbocycles. The Balaban J connectivity index is 1.88. The Morgan fingerprint density at radius 1 is 1.06 bits per heavy atom. The number of H-pyrrole nitrogens is 1. The average Bonchev–Trinajstić information content (AvgIpc) is 2.74. The zero-order valence-electron chi connectivity index (χ0n) is 18.8. The molecule has 31 heavy (non-hydrogen) atoms. The minimum atomic E-state index is -0.0803. The molecule has 1 aromatic heterocycles. The molecule has 0 bridgehead atoms. The number of nitrogens with zero attached hydrogens (tertiary/aromatic N) is 2. The lowest BCUT2D eigenvalue weighted by Crippen LogP contribution is -2.40. The number of methoxy groups -OCH3 is 1. The summed E-state index contributed by atoms with van der Waals surface area (Å²) >= 11 is 5.71. The van der Waals surface area contributed by atoms with Crippen molar-refractivity contribution in [3.05, 3.63) is 69.5 Å². The summed E-state index contributed by atoms with van der Waals surface area (Å²) in [6.45, 7) is 6.00. The van der Waals surface area contributed by atoms with Crippen molar-refractivity contribution in [2.45, 2.75) is 20.4 Å². The smallest absolute Gasteiger partial charge is 0.253 e. The highest BCUT2D eigenvalue weighted by Crippen LogP contribution is 2.21. The Hall–Kier alpha value is -2.90. The van der Waals surface area contributed by atoms with Gasteiger partial charge in [0.2, 0.25) is 0 Å². The second-order valence-electron chi connectivity index (χ2n) is 8.00. The summed E-state index contributed by atoms with van der Waals surface area (Å²) in [6.07, 6.45) is 0. The average molecular weight is 439 g/mol. The number of fused-ring (bicyclic) bond motifs is 1. The van der Waals surface area contributed by atoms with E-state index >= 15 is 0 Å². The molecule has 0 aliphatic rings. The molecule has 3 aromatic rings. The molecule has 0 radical (unpaired) electrons. The molecule has 0 aliphatic carbocycles. The highest BCUT2D eigenvalue weighted by Gasteiger charge is 2.15. The van der Waals surface area contributed by atoms with E-state index < -0.39 is 0 Å². The number of aromatic nitrogens is 1. The van der Waals surface area contributed by atoms with Gasteiger partial charge in [-0.3, -0.25) is 4.79 Å². The normalized spacial score (nSPS) is 11.0. The van der Waals surface area contributed by atoms with E-state index in [1.54, 1.807) is 7.11 Å². The van der Waals surface area contributed by atoms with Crippen molar-refractivity contribution in [2.75, 3.05) is 39.6 Å². The van der Waals surface area contributed by atoms with E-state index in [1.807, 2.05) is 62.3 Å². The second kappa shape index (κ2) is 9.94. The standard InChI is InChI=1S/C24H30N4O2S/c1-16-6-7-17(2)22-21(16)14-18(23(29)26-22)15-28(13-12-27(3)4)24(31)25-19-8-10-20(30-5)11-9-19/h6-11,14H,12-13,15H2,1-5H3,(H,25,31)(H,26,29). The third kappa shape index (κ3) is 5.62. The SMILES string of the molecule is COc1ccc(NC(=S)N(CCN(C)C)Cc2cc3c(C)ccc(C)c3[nH]c2=O)cc1. The van der Waals surface area contributed by atoms with Crippen molar-refractivity contribution in [3.63, 3.8) is 0 Å². The first kappa shape index (κ1) is 22.8. The van der Waals surface area contributed by atoms with Crippen LogP contribution in [-0.4, -0.2) is 54.2 Å². The molecule has 0 aliphatic heterocycles. The summed E-state index contributed by atoms with van der Waals surface area (Å²) in [4.78, 5) is 20.0. The Bertz CT molecular complexity index is 1120. The molecule has 164 valence electrons. The Morgan fingerprint density at radius 2 is 1.74 bits per heavy atom. The number of nitrogens with one attached hydrogen (secondary N) is 2. The van der Waals surface area contributed by atoms with Crippen molar-refractivity contribution in [1.29, 1.82) is 0 Å². The molecule has 2 N–H and O–H groups in total. The molecule has 0 unspecified atom stereocenters. The highest BCUT2D eigenvalue weighted by molar-refractivity contribution is 7.80. The van der Waals surface area contributed by atoms with Crippen LogP contribution in [0.5, 0.6) is 5.75 Å². The summed E-state index contributed by atoms with van der Waals surface area (Å²) in [5, 5.41) is 4.93. The van der Waals surface area contributed by atoms with Crippen molar-refractivity contribution < 1.29 is 4.74 Å². The van der Waals surface area contributed by atoms with Gasteiger partial charge >= 0.3 is 0 Å². The first-order valence-electron chi connectivity index (χ1n) is 10.3. The van der Waals surface area contributed by atoms with Gasteiger partial charge in [0.1, 0.15) is 5.75 Å². The third-order valence-electron chi connectivity index (χ3n) is 5.33. The summed E-state index contributed by atoms with van der Waals surface area (Å²) in [5.41, 5.74) is 4.58. The molecule has 3 rings (SSSR count). The maximum atomic E-state index is 12.9. The van der Waals surface area contributed by atoms with Crippen LogP contribution in [0.3, 0.4) is 0 Å². The molecule has 2 aromatic carbocycles. The lowest BCUT2D eigenvalue weighted by atomic mass is 10.0. The molecule has 6 nitrogen and oxygen atoms in total. The van der Waals surface area contributed by atoms with E-state index in [4.69, 9.17) is 17.0 Å². The van der Waals surface area contributed by atoms with Crippen LogP contribution < -0.4 is 15.6 Å². The molecule has 0 fully saturated rings. The number of ether oxygens (including phenoxy) is 1. The van der Waals surface area contributed by atoms with Crippen molar-refractivity contribution >= 4 is 33.9 Å². The molecule has 1 heterocycles. The number of thiocarbonyl (C=S) groups is 1. The van der Waals surface area contributed by atoms with Gasteiger partial charge in [-0.1, -0.05) is 12.1 Å². The van der Waals surface area contributed by atoms with Crippen LogP contribution in [0.2, 0.25) is 0 Å². The van der Waals surface area contributed by atoms with Gasteiger partial charge in [-0.25, -0.2) is 0 Å². The first-order valence-corrected chi connectivity index (χ1v) is 10.7. The number of hydrogen-bond donors (Lipinski definition) is 2. The number of anilines is 1. The molecule has 0 saturated heterocycles. The number of hydrogen-bond acceptors (Lipinski definition) is 4. The summed E-state index contributed by atoms with van der Waals surface area (Å²) in [7, 11) is 5.68. The second-order valence-corrected chi connectivity index (χ2v) is 8.38. The number of likely N-dealkylation sites (N-methyl/N-ethyl adjacent to an activating group) is 1. The van der Waals surface area contributed by atoms with Crippen molar-refractivity contribution in [3.8, 4) is 5.75 Å². The van der Waals surface area contributed by atoms with Gasteiger partial charge < -0.3 is 24.8 Å². The molecule has 0 amide bonds. The predicted octanol–water partition coefficient (Wildman–Crippen LogP) is 3.91. The fourth-order valence-electron chi connectivity index (χ4n) is 3.39. The highest BCUT2D eigenvalue weighted by atomic mass is 32.1. The van der Waals surface area contributed by atoms with E-state index in [0.29, 0.717) is 23.8 Å². The van der Waals surface area contributed by atoms with E-state index in [9.17, 15) is 4.79 Å². The summed E-state index contributed by atoms with van der Waals surface area (Å²) in [6, 6.07) is 13.7. The summed E-state index contributed by atoms with van der Waals surface area (Å²) < 4.78 is 5.22. The topological polar surface area (TPSA) is 60.6 Å². The van der Waals surface area contributed by atoms with Gasteiger partial charge in [0.15, 0.2) is 5.11 Å². The molecular formula is C24H30N4O2S. The van der Waals surface area contributed by atoms with Crippen LogP contribution in [0.4, 0.5) is 5.69 Å². The minimum Gasteiger partial charge on any atom is -0.497 e. The number of aromatic amines is 1. The quantitative estimate of drug-likeness (QED) is 0.546. The number of pyridine rings is 1. The van der Waals surface area contributed by atoms with Crippen molar-refractivity contribution in [2.24, 2.45) is 0 Å². The van der Waals surface area contributed by atoms with Crippen LogP contribution in [0.1, 0.15) is 16.7 Å². The van der Waals surface area contributed by atoms with Gasteiger partial charge in [-0.2, -0.15) is 0 Å². The maximum absolute atomic E-state index is 12.9. The largest absolute Gasteiger partial charge is 0.497 e. The van der Waals surface area contributed by atoms with Gasteiger partial charge in [-0.05, 0) is 81.6 Å². The summed E-state index contributed by atoms with van der Waals surface area (Å²) in [5.74, 6) is 0.786. The lowest BCUT2D eigenvalue weighted by Gasteiger charge is -2.27. The maximum Gasteiger partial charge on any atom is 0.253 e. The third-order valence-corrected chi connectivity index (χ3v) is 5.69. The Morgan fingerprint density at radius 3 is 2.39 bits per heavy atom. The molecule has 0 spiro atoms.